The summed E-state index contributed by atoms with van der Waals surface area (Å²) < 4.78 is 46.4. The molecule has 0 bridgehead atoms. The lowest BCUT2D eigenvalue weighted by molar-refractivity contribution is 0.115. The molecule has 4 rings (SSSR count). The first-order valence-corrected chi connectivity index (χ1v) is 6.66. The lowest BCUT2D eigenvalue weighted by Gasteiger charge is -2.25. The lowest BCUT2D eigenvalue weighted by atomic mass is 9.97. The van der Waals surface area contributed by atoms with Gasteiger partial charge in [-0.2, -0.15) is 0 Å². The van der Waals surface area contributed by atoms with Gasteiger partial charge in [0.25, 0.3) is 0 Å². The third kappa shape index (κ3) is 1.74. The van der Waals surface area contributed by atoms with Gasteiger partial charge in [-0.05, 0) is 18.2 Å². The molecule has 1 aromatic heterocycles. The van der Waals surface area contributed by atoms with Gasteiger partial charge < -0.3 is 14.8 Å². The van der Waals surface area contributed by atoms with Gasteiger partial charge in [-0.15, -0.1) is 0 Å². The Kier molecular flexibility index (Phi) is 2.71. The normalized spacial score (nSPS) is 16.3. The van der Waals surface area contributed by atoms with Gasteiger partial charge in [0.05, 0.1) is 17.8 Å². The molecule has 3 nitrogen and oxygen atoms in total. The van der Waals surface area contributed by atoms with E-state index in [1.54, 1.807) is 0 Å². The smallest absolute Gasteiger partial charge is 0.150 e. The zero-order valence-electron chi connectivity index (χ0n) is 11.2. The molecule has 0 fully saturated rings. The van der Waals surface area contributed by atoms with Gasteiger partial charge in [-0.1, -0.05) is 0 Å². The summed E-state index contributed by atoms with van der Waals surface area (Å²) in [6.07, 6.45) is -0.820. The van der Waals surface area contributed by atoms with Crippen molar-refractivity contribution < 1.29 is 23.0 Å². The van der Waals surface area contributed by atoms with Crippen molar-refractivity contribution in [2.24, 2.45) is 0 Å². The van der Waals surface area contributed by atoms with E-state index in [0.717, 1.165) is 6.07 Å². The molecule has 0 saturated heterocycles. The van der Waals surface area contributed by atoms with Crippen LogP contribution in [0.1, 0.15) is 11.7 Å². The van der Waals surface area contributed by atoms with Crippen LogP contribution in [0, 0.1) is 17.5 Å². The highest BCUT2D eigenvalue weighted by Gasteiger charge is 2.31. The van der Waals surface area contributed by atoms with Gasteiger partial charge in [-0.3, -0.25) is 0 Å². The number of H-pyrrole nitrogens is 1. The maximum atomic E-state index is 14.0. The fraction of sp³-hybridized carbons (Fsp3) is 0.125. The Morgan fingerprint density at radius 2 is 1.91 bits per heavy atom. The van der Waals surface area contributed by atoms with E-state index >= 15 is 0 Å². The second-order valence-electron chi connectivity index (χ2n) is 5.15. The van der Waals surface area contributed by atoms with E-state index in [9.17, 15) is 18.3 Å². The number of hydrogen-bond donors (Lipinski definition) is 2. The number of halogens is 3. The molecule has 3 aromatic rings. The highest BCUT2D eigenvalue weighted by Crippen LogP contribution is 2.45. The number of hydrogen-bond acceptors (Lipinski definition) is 2. The first-order chi connectivity index (χ1) is 10.6. The van der Waals surface area contributed by atoms with Crippen LogP contribution in [0.5, 0.6) is 5.75 Å². The molecule has 112 valence electrons. The monoisotopic (exact) mass is 305 g/mol. The van der Waals surface area contributed by atoms with Crippen molar-refractivity contribution in [1.29, 1.82) is 0 Å². The molecule has 0 aliphatic carbocycles. The van der Waals surface area contributed by atoms with Crippen LogP contribution in [0.3, 0.4) is 0 Å². The number of rotatable bonds is 1. The maximum Gasteiger partial charge on any atom is 0.150 e. The van der Waals surface area contributed by atoms with Crippen LogP contribution in [0.15, 0.2) is 30.3 Å². The number of ether oxygens (including phenoxy) is 1. The molecule has 0 spiro atoms. The highest BCUT2D eigenvalue weighted by atomic mass is 19.1. The largest absolute Gasteiger partial charge is 0.482 e. The van der Waals surface area contributed by atoms with E-state index in [1.807, 2.05) is 0 Å². The molecule has 1 unspecified atom stereocenters. The van der Waals surface area contributed by atoms with Gasteiger partial charge in [0.15, 0.2) is 0 Å². The summed E-state index contributed by atoms with van der Waals surface area (Å²) in [7, 11) is 0. The summed E-state index contributed by atoms with van der Waals surface area (Å²) in [6, 6.07) is 5.93. The van der Waals surface area contributed by atoms with Crippen molar-refractivity contribution in [3.63, 3.8) is 0 Å². The maximum absolute atomic E-state index is 14.0. The molecule has 1 aliphatic rings. The fourth-order valence-corrected chi connectivity index (χ4v) is 2.93. The van der Waals surface area contributed by atoms with E-state index in [1.165, 1.54) is 24.3 Å². The second-order valence-corrected chi connectivity index (χ2v) is 5.15. The molecule has 2 aromatic carbocycles. The number of aromatic nitrogens is 1. The summed E-state index contributed by atoms with van der Waals surface area (Å²) in [5.74, 6) is -1.68. The Labute approximate surface area is 123 Å². The van der Waals surface area contributed by atoms with E-state index < -0.39 is 30.2 Å². The highest BCUT2D eigenvalue weighted by molar-refractivity contribution is 5.93. The Bertz CT molecular complexity index is 904. The number of aliphatic hydroxyl groups is 1. The van der Waals surface area contributed by atoms with Crippen LogP contribution in [-0.4, -0.2) is 16.7 Å². The molecule has 0 saturated carbocycles. The first kappa shape index (κ1) is 13.2. The second kappa shape index (κ2) is 4.51. The van der Waals surface area contributed by atoms with E-state index in [0.29, 0.717) is 22.2 Å². The average molecular weight is 305 g/mol. The molecule has 1 atom stereocenters. The summed E-state index contributed by atoms with van der Waals surface area (Å²) in [5, 5.41) is 9.84. The van der Waals surface area contributed by atoms with Crippen molar-refractivity contribution in [2.75, 3.05) is 6.61 Å². The minimum atomic E-state index is -0.820. The number of aromatic amines is 1. The van der Waals surface area contributed by atoms with Crippen molar-refractivity contribution in [1.82, 2.24) is 4.98 Å². The van der Waals surface area contributed by atoms with E-state index in [2.05, 4.69) is 4.98 Å². The molecule has 6 heteroatoms. The quantitative estimate of drug-likeness (QED) is 0.720. The van der Waals surface area contributed by atoms with Crippen LogP contribution >= 0.6 is 0 Å². The van der Waals surface area contributed by atoms with Crippen LogP contribution < -0.4 is 4.74 Å². The molecule has 0 radical (unpaired) electrons. The van der Waals surface area contributed by atoms with Gasteiger partial charge >= 0.3 is 0 Å². The zero-order valence-corrected chi connectivity index (χ0v) is 11.2. The van der Waals surface area contributed by atoms with Gasteiger partial charge in [-0.25, -0.2) is 13.2 Å². The van der Waals surface area contributed by atoms with Crippen LogP contribution in [-0.2, 0) is 0 Å². The molecular formula is C16H10F3NO2. The topological polar surface area (TPSA) is 45.2 Å². The number of fused-ring (bicyclic) bond motifs is 5. The Hall–Kier alpha value is -2.47. The van der Waals surface area contributed by atoms with Crippen LogP contribution in [0.25, 0.3) is 22.2 Å². The SMILES string of the molecule is OCC1Oc2cc(F)ccc2-c2[nH]c3c(F)cc(F)cc3c21. The number of benzene rings is 2. The third-order valence-corrected chi connectivity index (χ3v) is 3.83. The average Bonchev–Trinajstić information content (AvgIpc) is 2.86. The van der Waals surface area contributed by atoms with E-state index in [4.69, 9.17) is 4.74 Å². The summed E-state index contributed by atoms with van der Waals surface area (Å²) in [5.41, 5.74) is 1.64. The van der Waals surface area contributed by atoms with Crippen molar-refractivity contribution in [3.05, 3.63) is 53.3 Å². The standard InChI is InChI=1S/C16H10F3NO2/c17-7-1-2-9-12(5-7)22-13(6-21)14-10-3-8(18)4-11(19)15(10)20-16(9)14/h1-5,13,20-21H,6H2. The van der Waals surface area contributed by atoms with Crippen molar-refractivity contribution in [3.8, 4) is 17.0 Å². The summed E-state index contributed by atoms with van der Waals surface area (Å²) in [4.78, 5) is 2.90. The van der Waals surface area contributed by atoms with Crippen LogP contribution in [0.4, 0.5) is 13.2 Å². The number of nitrogens with one attached hydrogen (secondary N) is 1. The third-order valence-electron chi connectivity index (χ3n) is 3.83. The number of aliphatic hydroxyl groups excluding tert-OH is 1. The molecule has 22 heavy (non-hydrogen) atoms. The summed E-state index contributed by atoms with van der Waals surface area (Å²) in [6.45, 7) is -0.395. The molecular weight excluding hydrogens is 295 g/mol. The van der Waals surface area contributed by atoms with Crippen molar-refractivity contribution >= 4 is 10.9 Å². The van der Waals surface area contributed by atoms with Crippen LogP contribution in [0.2, 0.25) is 0 Å². The summed E-state index contributed by atoms with van der Waals surface area (Å²) >= 11 is 0. The fourth-order valence-electron chi connectivity index (χ4n) is 2.93. The zero-order chi connectivity index (χ0) is 15.4. The van der Waals surface area contributed by atoms with Crippen molar-refractivity contribution in [2.45, 2.75) is 6.10 Å². The van der Waals surface area contributed by atoms with E-state index in [-0.39, 0.29) is 11.3 Å². The Morgan fingerprint density at radius 3 is 2.68 bits per heavy atom. The minimum Gasteiger partial charge on any atom is -0.482 e. The molecule has 2 N–H and O–H groups in total. The van der Waals surface area contributed by atoms with Gasteiger partial charge in [0, 0.05) is 28.6 Å². The lowest BCUT2D eigenvalue weighted by Crippen LogP contribution is -2.17. The predicted molar refractivity (Wildman–Crippen MR) is 74.1 cm³/mol. The first-order valence-electron chi connectivity index (χ1n) is 6.66. The molecule has 0 amide bonds. The molecule has 1 aliphatic heterocycles. The molecule has 2 heterocycles. The minimum absolute atomic E-state index is 0.130. The van der Waals surface area contributed by atoms with Gasteiger partial charge in [0.2, 0.25) is 0 Å². The predicted octanol–water partition coefficient (Wildman–Crippen LogP) is 3.68. The Morgan fingerprint density at radius 1 is 1.09 bits per heavy atom. The Balaban J connectivity index is 2.09. The van der Waals surface area contributed by atoms with Gasteiger partial charge in [0.1, 0.15) is 29.3 Å².